The van der Waals surface area contributed by atoms with Gasteiger partial charge >= 0.3 is 6.09 Å². The highest BCUT2D eigenvalue weighted by Crippen LogP contribution is 2.32. The molecule has 7 nitrogen and oxygen atoms in total. The quantitative estimate of drug-likeness (QED) is 0.378. The molecule has 2 aliphatic rings. The van der Waals surface area contributed by atoms with Gasteiger partial charge in [0, 0.05) is 32.6 Å². The van der Waals surface area contributed by atoms with E-state index < -0.39 is 5.60 Å². The maximum Gasteiger partial charge on any atom is 0.410 e. The molecule has 0 spiro atoms. The molecule has 1 aromatic rings. The molecular formula is C20H31IN4O3. The Hall–Kier alpha value is -1.71. The second-order valence-corrected chi connectivity index (χ2v) is 8.05. The zero-order valence-electron chi connectivity index (χ0n) is 17.0. The SMILES string of the molecule is CN=C(NCC1CCOc2ccccc21)NC1CN(C(=O)OC(C)(C)C)C1.I. The Morgan fingerprint density at radius 3 is 2.71 bits per heavy atom. The maximum atomic E-state index is 12.0. The van der Waals surface area contributed by atoms with Crippen molar-refractivity contribution in [3.8, 4) is 5.75 Å². The first-order valence-corrected chi connectivity index (χ1v) is 9.52. The summed E-state index contributed by atoms with van der Waals surface area (Å²) in [5, 5.41) is 6.78. The number of guanidine groups is 1. The summed E-state index contributed by atoms with van der Waals surface area (Å²) in [4.78, 5) is 18.0. The molecule has 28 heavy (non-hydrogen) atoms. The van der Waals surface area contributed by atoms with Crippen LogP contribution in [0.3, 0.4) is 0 Å². The third-order valence-corrected chi connectivity index (χ3v) is 4.70. The van der Waals surface area contributed by atoms with E-state index in [4.69, 9.17) is 9.47 Å². The second kappa shape index (κ2) is 9.67. The standard InChI is InChI=1S/C20H30N4O3.HI/c1-20(2,3)27-19(25)24-12-15(13-24)23-18(21-4)22-11-14-9-10-26-17-8-6-5-7-16(14)17;/h5-8,14-15H,9-13H2,1-4H3,(H2,21,22,23);1H. The summed E-state index contributed by atoms with van der Waals surface area (Å²) >= 11 is 0. The summed E-state index contributed by atoms with van der Waals surface area (Å²) in [6.45, 7) is 8.40. The molecule has 0 radical (unpaired) electrons. The summed E-state index contributed by atoms with van der Waals surface area (Å²) in [6, 6.07) is 8.39. The zero-order chi connectivity index (χ0) is 19.4. The number of aliphatic imine (C=N–C) groups is 1. The van der Waals surface area contributed by atoms with E-state index >= 15 is 0 Å². The van der Waals surface area contributed by atoms with Gasteiger partial charge in [0.25, 0.3) is 0 Å². The van der Waals surface area contributed by atoms with Crippen LogP contribution in [-0.4, -0.2) is 61.9 Å². The molecule has 2 aliphatic heterocycles. The minimum atomic E-state index is -0.465. The van der Waals surface area contributed by atoms with Gasteiger partial charge in [0.2, 0.25) is 0 Å². The minimum Gasteiger partial charge on any atom is -0.493 e. The monoisotopic (exact) mass is 502 g/mol. The lowest BCUT2D eigenvalue weighted by atomic mass is 9.93. The number of nitrogens with one attached hydrogen (secondary N) is 2. The van der Waals surface area contributed by atoms with E-state index in [2.05, 4.69) is 21.7 Å². The number of likely N-dealkylation sites (tertiary alicyclic amines) is 1. The molecule has 1 amide bonds. The average molecular weight is 502 g/mol. The molecule has 1 atom stereocenters. The number of hydrogen-bond donors (Lipinski definition) is 2. The van der Waals surface area contributed by atoms with Crippen molar-refractivity contribution in [1.29, 1.82) is 0 Å². The van der Waals surface area contributed by atoms with E-state index in [1.807, 2.05) is 39.0 Å². The number of halogens is 1. The fourth-order valence-electron chi connectivity index (χ4n) is 3.28. The number of benzene rings is 1. The van der Waals surface area contributed by atoms with Gasteiger partial charge in [-0.1, -0.05) is 18.2 Å². The number of amides is 1. The Kier molecular flexibility index (Phi) is 7.79. The van der Waals surface area contributed by atoms with Crippen LogP contribution in [0.1, 0.15) is 38.7 Å². The Labute approximate surface area is 184 Å². The normalized spacial score (nSPS) is 19.5. The summed E-state index contributed by atoms with van der Waals surface area (Å²) < 4.78 is 11.1. The Bertz CT molecular complexity index is 699. The fourth-order valence-corrected chi connectivity index (χ4v) is 3.28. The minimum absolute atomic E-state index is 0. The molecule has 8 heteroatoms. The number of nitrogens with zero attached hydrogens (tertiary/aromatic N) is 2. The third-order valence-electron chi connectivity index (χ3n) is 4.70. The van der Waals surface area contributed by atoms with Gasteiger partial charge < -0.3 is 25.0 Å². The van der Waals surface area contributed by atoms with Gasteiger partial charge in [0.05, 0.1) is 12.6 Å². The van der Waals surface area contributed by atoms with E-state index in [1.54, 1.807) is 11.9 Å². The number of fused-ring (bicyclic) bond motifs is 1. The second-order valence-electron chi connectivity index (χ2n) is 8.05. The van der Waals surface area contributed by atoms with Crippen LogP contribution in [0.25, 0.3) is 0 Å². The average Bonchev–Trinajstić information content (AvgIpc) is 2.58. The summed E-state index contributed by atoms with van der Waals surface area (Å²) in [5.41, 5.74) is 0.777. The van der Waals surface area contributed by atoms with Gasteiger partial charge in [-0.3, -0.25) is 4.99 Å². The number of ether oxygens (including phenoxy) is 2. The lowest BCUT2D eigenvalue weighted by Crippen LogP contribution is -2.63. The van der Waals surface area contributed by atoms with Crippen LogP contribution in [0.4, 0.5) is 4.79 Å². The zero-order valence-corrected chi connectivity index (χ0v) is 19.4. The Morgan fingerprint density at radius 2 is 2.04 bits per heavy atom. The van der Waals surface area contributed by atoms with Crippen LogP contribution in [0.5, 0.6) is 5.75 Å². The van der Waals surface area contributed by atoms with Crippen LogP contribution < -0.4 is 15.4 Å². The molecule has 0 aliphatic carbocycles. The summed E-state index contributed by atoms with van der Waals surface area (Å²) in [5.74, 6) is 2.13. The molecule has 2 N–H and O–H groups in total. The van der Waals surface area contributed by atoms with Crippen molar-refractivity contribution in [2.24, 2.45) is 4.99 Å². The van der Waals surface area contributed by atoms with Gasteiger partial charge in [-0.05, 0) is 38.8 Å². The van der Waals surface area contributed by atoms with Crippen LogP contribution in [0, 0.1) is 0 Å². The number of carbonyl (C=O) groups excluding carboxylic acids is 1. The molecule has 3 rings (SSSR count). The highest BCUT2D eigenvalue weighted by atomic mass is 127. The van der Waals surface area contributed by atoms with Crippen LogP contribution in [-0.2, 0) is 4.74 Å². The van der Waals surface area contributed by atoms with E-state index in [0.717, 1.165) is 31.3 Å². The van der Waals surface area contributed by atoms with Crippen LogP contribution in [0.2, 0.25) is 0 Å². The molecule has 0 aromatic heterocycles. The topological polar surface area (TPSA) is 75.2 Å². The van der Waals surface area contributed by atoms with Gasteiger partial charge in [-0.25, -0.2) is 4.79 Å². The fraction of sp³-hybridized carbons (Fsp3) is 0.600. The maximum absolute atomic E-state index is 12.0. The van der Waals surface area contributed by atoms with Crippen molar-refractivity contribution >= 4 is 36.0 Å². The van der Waals surface area contributed by atoms with Gasteiger partial charge in [0.1, 0.15) is 11.4 Å². The van der Waals surface area contributed by atoms with E-state index in [0.29, 0.717) is 19.0 Å². The number of para-hydroxylation sites is 1. The van der Waals surface area contributed by atoms with Crippen molar-refractivity contribution in [1.82, 2.24) is 15.5 Å². The molecular weight excluding hydrogens is 471 g/mol. The molecule has 2 heterocycles. The summed E-state index contributed by atoms with van der Waals surface area (Å²) in [6.07, 6.45) is 0.721. The molecule has 1 saturated heterocycles. The molecule has 1 aromatic carbocycles. The highest BCUT2D eigenvalue weighted by Gasteiger charge is 2.34. The van der Waals surface area contributed by atoms with Crippen molar-refractivity contribution in [3.63, 3.8) is 0 Å². The third kappa shape index (κ3) is 5.89. The number of rotatable bonds is 3. The van der Waals surface area contributed by atoms with Crippen molar-refractivity contribution in [2.45, 2.75) is 44.8 Å². The lowest BCUT2D eigenvalue weighted by molar-refractivity contribution is 0.00701. The predicted molar refractivity (Wildman–Crippen MR) is 121 cm³/mol. The smallest absolute Gasteiger partial charge is 0.410 e. The number of carbonyl (C=O) groups is 1. The number of hydrogen-bond acceptors (Lipinski definition) is 4. The van der Waals surface area contributed by atoms with Crippen molar-refractivity contribution in [2.75, 3.05) is 33.3 Å². The molecule has 1 fully saturated rings. The first-order valence-electron chi connectivity index (χ1n) is 9.52. The predicted octanol–water partition coefficient (Wildman–Crippen LogP) is 2.96. The van der Waals surface area contributed by atoms with Crippen LogP contribution in [0.15, 0.2) is 29.3 Å². The molecule has 1 unspecified atom stereocenters. The summed E-state index contributed by atoms with van der Waals surface area (Å²) in [7, 11) is 1.76. The Balaban J connectivity index is 0.00000280. The molecule has 156 valence electrons. The van der Waals surface area contributed by atoms with E-state index in [1.165, 1.54) is 5.56 Å². The largest absolute Gasteiger partial charge is 0.493 e. The molecule has 0 bridgehead atoms. The van der Waals surface area contributed by atoms with Gasteiger partial charge in [-0.2, -0.15) is 0 Å². The molecule has 0 saturated carbocycles. The van der Waals surface area contributed by atoms with E-state index in [9.17, 15) is 4.79 Å². The first kappa shape index (κ1) is 22.6. The van der Waals surface area contributed by atoms with Crippen molar-refractivity contribution < 1.29 is 14.3 Å². The Morgan fingerprint density at radius 1 is 1.32 bits per heavy atom. The first-order chi connectivity index (χ1) is 12.9. The van der Waals surface area contributed by atoms with Crippen molar-refractivity contribution in [3.05, 3.63) is 29.8 Å². The van der Waals surface area contributed by atoms with Gasteiger partial charge in [0.15, 0.2) is 5.96 Å². The van der Waals surface area contributed by atoms with E-state index in [-0.39, 0.29) is 36.1 Å². The lowest BCUT2D eigenvalue weighted by Gasteiger charge is -2.40. The van der Waals surface area contributed by atoms with Gasteiger partial charge in [-0.15, -0.1) is 24.0 Å². The van der Waals surface area contributed by atoms with Crippen LogP contribution >= 0.6 is 24.0 Å². The highest BCUT2D eigenvalue weighted by molar-refractivity contribution is 14.0.